The molecule has 2 N–H and O–H groups in total. The van der Waals surface area contributed by atoms with Crippen LogP contribution < -0.4 is 5.32 Å². The lowest BCUT2D eigenvalue weighted by Crippen LogP contribution is -2.63. The fourth-order valence-electron chi connectivity index (χ4n) is 3.12. The second kappa shape index (κ2) is 6.98. The number of nitrogens with zero attached hydrogens (tertiary/aromatic N) is 2. The molecule has 1 fully saturated rings. The molecule has 0 spiro atoms. The van der Waals surface area contributed by atoms with Crippen molar-refractivity contribution in [1.82, 2.24) is 15.2 Å². The smallest absolute Gasteiger partial charge is 0.326 e. The van der Waals surface area contributed by atoms with E-state index in [9.17, 15) is 19.5 Å². The van der Waals surface area contributed by atoms with Crippen molar-refractivity contribution in [2.75, 3.05) is 6.54 Å². The fourth-order valence-corrected chi connectivity index (χ4v) is 3.12. The molecule has 1 aliphatic heterocycles. The number of carbonyl (C=O) groups excluding carboxylic acids is 2. The van der Waals surface area contributed by atoms with Crippen molar-refractivity contribution in [3.8, 4) is 0 Å². The summed E-state index contributed by atoms with van der Waals surface area (Å²) in [4.78, 5) is 42.5. The van der Waals surface area contributed by atoms with Crippen LogP contribution in [0.2, 0.25) is 0 Å². The van der Waals surface area contributed by atoms with Crippen LogP contribution in [-0.2, 0) is 9.59 Å². The minimum atomic E-state index is -1.02. The van der Waals surface area contributed by atoms with Crippen LogP contribution in [0.5, 0.6) is 0 Å². The summed E-state index contributed by atoms with van der Waals surface area (Å²) in [7, 11) is 0. The fraction of sp³-hybridized carbons (Fsp3) is 0.400. The van der Waals surface area contributed by atoms with Crippen molar-refractivity contribution >= 4 is 28.7 Å². The molecule has 0 unspecified atom stereocenters. The van der Waals surface area contributed by atoms with E-state index in [4.69, 9.17) is 0 Å². The zero-order valence-electron chi connectivity index (χ0n) is 15.6. The van der Waals surface area contributed by atoms with Crippen LogP contribution in [0, 0.1) is 5.41 Å². The molecule has 0 radical (unpaired) electrons. The number of likely N-dealkylation sites (tertiary alicyclic amines) is 1. The first kappa shape index (κ1) is 18.8. The van der Waals surface area contributed by atoms with Crippen molar-refractivity contribution in [1.29, 1.82) is 0 Å². The van der Waals surface area contributed by atoms with E-state index in [1.54, 1.807) is 12.1 Å². The average Bonchev–Trinajstić information content (AvgIpc) is 2.56. The van der Waals surface area contributed by atoms with E-state index in [1.165, 1.54) is 4.90 Å². The highest BCUT2D eigenvalue weighted by Crippen LogP contribution is 2.26. The summed E-state index contributed by atoms with van der Waals surface area (Å²) in [5, 5.41) is 12.9. The number of carbonyl (C=O) groups is 3. The third-order valence-corrected chi connectivity index (χ3v) is 4.81. The van der Waals surface area contributed by atoms with Gasteiger partial charge in [0.05, 0.1) is 5.52 Å². The van der Waals surface area contributed by atoms with Crippen LogP contribution in [0.15, 0.2) is 36.4 Å². The zero-order chi connectivity index (χ0) is 19.8. The van der Waals surface area contributed by atoms with Gasteiger partial charge in [-0.05, 0) is 24.0 Å². The van der Waals surface area contributed by atoms with Gasteiger partial charge in [-0.3, -0.25) is 9.59 Å². The van der Waals surface area contributed by atoms with Crippen LogP contribution in [0.1, 0.15) is 37.7 Å². The number of nitrogens with one attached hydrogen (secondary N) is 1. The van der Waals surface area contributed by atoms with E-state index in [2.05, 4.69) is 10.3 Å². The number of fused-ring (bicyclic) bond motifs is 1. The topological polar surface area (TPSA) is 99.6 Å². The van der Waals surface area contributed by atoms with Crippen LogP contribution in [0.4, 0.5) is 0 Å². The molecule has 0 bridgehead atoms. The first-order chi connectivity index (χ1) is 12.7. The maximum absolute atomic E-state index is 12.9. The third-order valence-electron chi connectivity index (χ3n) is 4.81. The lowest BCUT2D eigenvalue weighted by molar-refractivity contribution is -0.159. The Bertz CT molecular complexity index is 903. The summed E-state index contributed by atoms with van der Waals surface area (Å²) in [6, 6.07) is 9.21. The Labute approximate surface area is 157 Å². The van der Waals surface area contributed by atoms with Crippen molar-refractivity contribution in [3.05, 3.63) is 42.1 Å². The maximum Gasteiger partial charge on any atom is 0.326 e. The molecule has 2 amide bonds. The summed E-state index contributed by atoms with van der Waals surface area (Å²) in [5.74, 6) is -1.86. The number of rotatable bonds is 4. The van der Waals surface area contributed by atoms with E-state index in [0.29, 0.717) is 18.5 Å². The van der Waals surface area contributed by atoms with Crippen LogP contribution in [0.25, 0.3) is 10.9 Å². The number of aromatic nitrogens is 1. The molecular weight excluding hydrogens is 346 g/mol. The molecular formula is C20H23N3O4. The Kier molecular flexibility index (Phi) is 4.87. The number of carboxylic acid groups (broad SMARTS) is 1. The molecule has 1 aromatic heterocycles. The van der Waals surface area contributed by atoms with E-state index >= 15 is 0 Å². The zero-order valence-corrected chi connectivity index (χ0v) is 15.6. The highest BCUT2D eigenvalue weighted by Gasteiger charge is 2.44. The number of para-hydroxylation sites is 1. The van der Waals surface area contributed by atoms with Gasteiger partial charge >= 0.3 is 5.97 Å². The third kappa shape index (κ3) is 3.77. The van der Waals surface area contributed by atoms with E-state index < -0.39 is 29.4 Å². The van der Waals surface area contributed by atoms with E-state index in [1.807, 2.05) is 45.0 Å². The molecule has 0 saturated carbocycles. The monoisotopic (exact) mass is 369 g/mol. The van der Waals surface area contributed by atoms with Crippen LogP contribution in [0.3, 0.4) is 0 Å². The predicted octanol–water partition coefficient (Wildman–Crippen LogP) is 2.06. The highest BCUT2D eigenvalue weighted by molar-refractivity contribution is 5.98. The van der Waals surface area contributed by atoms with Crippen LogP contribution in [-0.4, -0.2) is 51.4 Å². The maximum atomic E-state index is 12.9. The van der Waals surface area contributed by atoms with Gasteiger partial charge in [0, 0.05) is 11.9 Å². The quantitative estimate of drug-likeness (QED) is 0.859. The summed E-state index contributed by atoms with van der Waals surface area (Å²) < 4.78 is 0. The number of benzene rings is 1. The van der Waals surface area contributed by atoms with Gasteiger partial charge in [0.1, 0.15) is 17.8 Å². The molecule has 1 aromatic carbocycles. The molecule has 1 saturated heterocycles. The molecule has 3 rings (SSSR count). The Balaban J connectivity index is 1.82. The minimum absolute atomic E-state index is 0.217. The first-order valence-corrected chi connectivity index (χ1v) is 8.88. The normalized spacial score (nSPS) is 17.9. The molecule has 7 heteroatoms. The summed E-state index contributed by atoms with van der Waals surface area (Å²) in [6.07, 6.45) is 0.429. The predicted molar refractivity (Wildman–Crippen MR) is 100 cm³/mol. The summed E-state index contributed by atoms with van der Waals surface area (Å²) in [6.45, 7) is 5.88. The Morgan fingerprint density at radius 3 is 2.48 bits per heavy atom. The summed E-state index contributed by atoms with van der Waals surface area (Å²) in [5.41, 5.74) is 0.328. The number of pyridine rings is 1. The van der Waals surface area contributed by atoms with Gasteiger partial charge in [-0.15, -0.1) is 0 Å². The summed E-state index contributed by atoms with van der Waals surface area (Å²) >= 11 is 0. The Morgan fingerprint density at radius 1 is 1.19 bits per heavy atom. The molecule has 27 heavy (non-hydrogen) atoms. The first-order valence-electron chi connectivity index (χ1n) is 8.88. The van der Waals surface area contributed by atoms with Gasteiger partial charge in [-0.2, -0.15) is 0 Å². The van der Waals surface area contributed by atoms with Gasteiger partial charge in [0.2, 0.25) is 5.91 Å². The van der Waals surface area contributed by atoms with E-state index in [0.717, 1.165) is 5.39 Å². The molecule has 0 aliphatic carbocycles. The van der Waals surface area contributed by atoms with Crippen molar-refractivity contribution < 1.29 is 19.5 Å². The number of aliphatic carboxylic acids is 1. The van der Waals surface area contributed by atoms with Gasteiger partial charge in [-0.1, -0.05) is 45.0 Å². The number of hydrogen-bond acceptors (Lipinski definition) is 4. The molecule has 2 atom stereocenters. The van der Waals surface area contributed by atoms with Crippen molar-refractivity contribution in [3.63, 3.8) is 0 Å². The number of carboxylic acids is 1. The van der Waals surface area contributed by atoms with Crippen molar-refractivity contribution in [2.24, 2.45) is 5.41 Å². The van der Waals surface area contributed by atoms with Gasteiger partial charge in [0.25, 0.3) is 5.91 Å². The van der Waals surface area contributed by atoms with Gasteiger partial charge < -0.3 is 15.3 Å². The van der Waals surface area contributed by atoms with Crippen molar-refractivity contribution in [2.45, 2.75) is 39.3 Å². The lowest BCUT2D eigenvalue weighted by Gasteiger charge is -2.42. The average molecular weight is 369 g/mol. The van der Waals surface area contributed by atoms with Gasteiger partial charge in [-0.25, -0.2) is 9.78 Å². The van der Waals surface area contributed by atoms with Gasteiger partial charge in [0.15, 0.2) is 0 Å². The SMILES string of the molecule is CC(C)(C)[C@@H](NC(=O)c1ccc2ccccc2n1)C(=O)N1CC[C@@H]1C(=O)O. The number of hydrogen-bond donors (Lipinski definition) is 2. The molecule has 7 nitrogen and oxygen atoms in total. The van der Waals surface area contributed by atoms with E-state index in [-0.39, 0.29) is 11.6 Å². The minimum Gasteiger partial charge on any atom is -0.480 e. The number of amides is 2. The largest absolute Gasteiger partial charge is 0.480 e. The second-order valence-corrected chi connectivity index (χ2v) is 7.84. The second-order valence-electron chi connectivity index (χ2n) is 7.84. The highest BCUT2D eigenvalue weighted by atomic mass is 16.4. The molecule has 2 aromatic rings. The Hall–Kier alpha value is -2.96. The van der Waals surface area contributed by atoms with Crippen LogP contribution >= 0.6 is 0 Å². The molecule has 142 valence electrons. The Morgan fingerprint density at radius 2 is 1.89 bits per heavy atom. The molecule has 1 aliphatic rings. The lowest BCUT2D eigenvalue weighted by atomic mass is 9.84. The molecule has 2 heterocycles. The standard InChI is InChI=1S/C20H23N3O4/c1-20(2,3)16(18(25)23-11-10-15(23)19(26)27)22-17(24)14-9-8-12-6-4-5-7-13(12)21-14/h4-9,15-16H,10-11H2,1-3H3,(H,22,24)(H,26,27)/t15-,16+/m1/s1.